The lowest BCUT2D eigenvalue weighted by Gasteiger charge is -2.15. The van der Waals surface area contributed by atoms with Gasteiger partial charge in [0.15, 0.2) is 9.84 Å². The third-order valence-electron chi connectivity index (χ3n) is 2.97. The van der Waals surface area contributed by atoms with E-state index in [1.165, 1.54) is 0 Å². The molecule has 1 unspecified atom stereocenters. The lowest BCUT2D eigenvalue weighted by atomic mass is 10.2. The largest absolute Gasteiger partial charge is 0.316 e. The van der Waals surface area contributed by atoms with Crippen molar-refractivity contribution in [3.8, 4) is 0 Å². The first-order valence-corrected chi connectivity index (χ1v) is 8.22. The SMILES string of the molecule is CCCC(CS(=O)(=O)Cc1cccc(C)c1)NC. The molecule has 0 radical (unpaired) electrons. The summed E-state index contributed by atoms with van der Waals surface area (Å²) in [4.78, 5) is 0. The number of aryl methyl sites for hydroxylation is 1. The van der Waals surface area contributed by atoms with Crippen molar-refractivity contribution < 1.29 is 8.42 Å². The van der Waals surface area contributed by atoms with Crippen LogP contribution < -0.4 is 5.32 Å². The van der Waals surface area contributed by atoms with Crippen molar-refractivity contribution in [3.05, 3.63) is 35.4 Å². The van der Waals surface area contributed by atoms with Gasteiger partial charge in [0.25, 0.3) is 0 Å². The summed E-state index contributed by atoms with van der Waals surface area (Å²) in [7, 11) is -1.23. The molecule has 0 bridgehead atoms. The summed E-state index contributed by atoms with van der Waals surface area (Å²) in [5.74, 6) is 0.349. The zero-order valence-corrected chi connectivity index (χ0v) is 12.3. The fourth-order valence-electron chi connectivity index (χ4n) is 2.08. The van der Waals surface area contributed by atoms with Crippen molar-refractivity contribution in [2.24, 2.45) is 0 Å². The Morgan fingerprint density at radius 3 is 2.61 bits per heavy atom. The van der Waals surface area contributed by atoms with E-state index in [0.717, 1.165) is 24.0 Å². The Kier molecular flexibility index (Phi) is 5.82. The molecule has 0 aromatic heterocycles. The molecule has 0 aliphatic heterocycles. The van der Waals surface area contributed by atoms with Crippen LogP contribution in [0.2, 0.25) is 0 Å². The summed E-state index contributed by atoms with van der Waals surface area (Å²) < 4.78 is 24.2. The van der Waals surface area contributed by atoms with E-state index >= 15 is 0 Å². The van der Waals surface area contributed by atoms with Gasteiger partial charge in [-0.25, -0.2) is 8.42 Å². The zero-order chi connectivity index (χ0) is 13.6. The summed E-state index contributed by atoms with van der Waals surface area (Å²) in [6.45, 7) is 4.04. The van der Waals surface area contributed by atoms with Crippen molar-refractivity contribution in [2.45, 2.75) is 38.5 Å². The van der Waals surface area contributed by atoms with Gasteiger partial charge in [0.2, 0.25) is 0 Å². The second kappa shape index (κ2) is 6.90. The van der Waals surface area contributed by atoms with Crippen LogP contribution in [-0.2, 0) is 15.6 Å². The molecule has 1 aromatic carbocycles. The number of nitrogens with one attached hydrogen (secondary N) is 1. The molecule has 0 heterocycles. The number of hydrogen-bond donors (Lipinski definition) is 1. The number of sulfone groups is 1. The van der Waals surface area contributed by atoms with Crippen LogP contribution in [0.25, 0.3) is 0 Å². The van der Waals surface area contributed by atoms with Crippen LogP contribution >= 0.6 is 0 Å². The molecule has 1 rings (SSSR count). The molecule has 1 N–H and O–H groups in total. The summed E-state index contributed by atoms with van der Waals surface area (Å²) >= 11 is 0. The summed E-state index contributed by atoms with van der Waals surface area (Å²) in [6, 6.07) is 7.75. The normalized spacial score (nSPS) is 13.5. The first kappa shape index (κ1) is 15.2. The first-order chi connectivity index (χ1) is 8.46. The first-order valence-electron chi connectivity index (χ1n) is 6.40. The van der Waals surface area contributed by atoms with Crippen LogP contribution in [0.1, 0.15) is 30.9 Å². The Hall–Kier alpha value is -0.870. The van der Waals surface area contributed by atoms with Gasteiger partial charge in [-0.3, -0.25) is 0 Å². The molecule has 1 atom stereocenters. The fourth-order valence-corrected chi connectivity index (χ4v) is 3.83. The lowest BCUT2D eigenvalue weighted by molar-refractivity contribution is 0.536. The quantitative estimate of drug-likeness (QED) is 0.826. The minimum absolute atomic E-state index is 0.0600. The number of benzene rings is 1. The smallest absolute Gasteiger partial charge is 0.155 e. The highest BCUT2D eigenvalue weighted by Gasteiger charge is 2.18. The molecule has 0 spiro atoms. The average Bonchev–Trinajstić information content (AvgIpc) is 2.27. The molecule has 0 aliphatic carbocycles. The Morgan fingerprint density at radius 1 is 1.33 bits per heavy atom. The van der Waals surface area contributed by atoms with Gasteiger partial charge >= 0.3 is 0 Å². The average molecular weight is 269 g/mol. The minimum atomic E-state index is -3.05. The Morgan fingerprint density at radius 2 is 2.06 bits per heavy atom. The van der Waals surface area contributed by atoms with E-state index in [-0.39, 0.29) is 17.5 Å². The minimum Gasteiger partial charge on any atom is -0.316 e. The van der Waals surface area contributed by atoms with E-state index in [9.17, 15) is 8.42 Å². The van der Waals surface area contributed by atoms with Crippen LogP contribution in [0.5, 0.6) is 0 Å². The third-order valence-corrected chi connectivity index (χ3v) is 4.65. The van der Waals surface area contributed by atoms with Gasteiger partial charge in [-0.2, -0.15) is 0 Å². The summed E-state index contributed by atoms with van der Waals surface area (Å²) in [6.07, 6.45) is 1.88. The predicted molar refractivity (Wildman–Crippen MR) is 76.4 cm³/mol. The second-order valence-electron chi connectivity index (χ2n) is 4.82. The van der Waals surface area contributed by atoms with E-state index in [2.05, 4.69) is 12.2 Å². The molecule has 18 heavy (non-hydrogen) atoms. The van der Waals surface area contributed by atoms with Gasteiger partial charge in [0, 0.05) is 6.04 Å². The highest BCUT2D eigenvalue weighted by atomic mass is 32.2. The monoisotopic (exact) mass is 269 g/mol. The van der Waals surface area contributed by atoms with Crippen molar-refractivity contribution in [2.75, 3.05) is 12.8 Å². The maximum atomic E-state index is 12.1. The molecule has 0 saturated heterocycles. The van der Waals surface area contributed by atoms with E-state index < -0.39 is 9.84 Å². The number of rotatable bonds is 7. The Balaban J connectivity index is 2.70. The molecule has 1 aromatic rings. The summed E-state index contributed by atoms with van der Waals surface area (Å²) in [5.41, 5.74) is 1.97. The van der Waals surface area contributed by atoms with Gasteiger partial charge in [0.1, 0.15) is 0 Å². The molecule has 4 heteroatoms. The highest BCUT2D eigenvalue weighted by molar-refractivity contribution is 7.90. The van der Waals surface area contributed by atoms with E-state index in [4.69, 9.17) is 0 Å². The van der Waals surface area contributed by atoms with E-state index in [0.29, 0.717) is 0 Å². The molecule has 3 nitrogen and oxygen atoms in total. The third kappa shape index (κ3) is 5.19. The van der Waals surface area contributed by atoms with Crippen molar-refractivity contribution in [1.29, 1.82) is 0 Å². The molecular weight excluding hydrogens is 246 g/mol. The van der Waals surface area contributed by atoms with Gasteiger partial charge < -0.3 is 5.32 Å². The van der Waals surface area contributed by atoms with Gasteiger partial charge in [-0.1, -0.05) is 43.2 Å². The molecule has 0 fully saturated rings. The van der Waals surface area contributed by atoms with Crippen LogP contribution in [0.4, 0.5) is 0 Å². The van der Waals surface area contributed by atoms with E-state index in [1.54, 1.807) is 0 Å². The van der Waals surface area contributed by atoms with Crippen LogP contribution in [0.3, 0.4) is 0 Å². The fraction of sp³-hybridized carbons (Fsp3) is 0.571. The Labute approximate surface area is 111 Å². The topological polar surface area (TPSA) is 46.2 Å². The maximum absolute atomic E-state index is 12.1. The van der Waals surface area contributed by atoms with Crippen LogP contribution in [-0.4, -0.2) is 27.3 Å². The van der Waals surface area contributed by atoms with Crippen LogP contribution in [0.15, 0.2) is 24.3 Å². The molecular formula is C14H23NO2S. The standard InChI is InChI=1S/C14H23NO2S/c1-4-6-14(15-3)11-18(16,17)10-13-8-5-7-12(2)9-13/h5,7-9,14-15H,4,6,10-11H2,1-3H3. The van der Waals surface area contributed by atoms with Crippen LogP contribution in [0, 0.1) is 6.92 Å². The maximum Gasteiger partial charge on any atom is 0.155 e. The van der Waals surface area contributed by atoms with Crippen molar-refractivity contribution in [1.82, 2.24) is 5.32 Å². The Bertz CT molecular complexity index is 468. The van der Waals surface area contributed by atoms with Gasteiger partial charge in [-0.05, 0) is 26.0 Å². The lowest BCUT2D eigenvalue weighted by Crippen LogP contribution is -2.33. The molecule has 0 saturated carbocycles. The van der Waals surface area contributed by atoms with Gasteiger partial charge in [-0.15, -0.1) is 0 Å². The van der Waals surface area contributed by atoms with Gasteiger partial charge in [0.05, 0.1) is 11.5 Å². The predicted octanol–water partition coefficient (Wildman–Crippen LogP) is 2.30. The molecule has 102 valence electrons. The molecule has 0 aliphatic rings. The zero-order valence-electron chi connectivity index (χ0n) is 11.4. The van der Waals surface area contributed by atoms with Crippen molar-refractivity contribution in [3.63, 3.8) is 0 Å². The highest BCUT2D eigenvalue weighted by Crippen LogP contribution is 2.11. The van der Waals surface area contributed by atoms with E-state index in [1.807, 2.05) is 38.2 Å². The molecule has 0 amide bonds. The van der Waals surface area contributed by atoms with Crippen molar-refractivity contribution >= 4 is 9.84 Å². The number of hydrogen-bond acceptors (Lipinski definition) is 3. The summed E-state index contributed by atoms with van der Waals surface area (Å²) in [5, 5.41) is 3.08. The second-order valence-corrected chi connectivity index (χ2v) is 6.93.